The first kappa shape index (κ1) is 13.5. The minimum absolute atomic E-state index is 0.189. The molecule has 0 atom stereocenters. The number of methoxy groups -OCH3 is 2. The third-order valence-corrected chi connectivity index (χ3v) is 3.64. The Labute approximate surface area is 114 Å². The van der Waals surface area contributed by atoms with Crippen LogP contribution in [0.4, 0.5) is 0 Å². The van der Waals surface area contributed by atoms with Crippen LogP contribution in [0.3, 0.4) is 0 Å². The minimum Gasteiger partial charge on any atom is -0.497 e. The van der Waals surface area contributed by atoms with E-state index in [2.05, 4.69) is 4.98 Å². The van der Waals surface area contributed by atoms with E-state index in [0.717, 1.165) is 22.6 Å². The van der Waals surface area contributed by atoms with E-state index in [1.165, 1.54) is 7.11 Å². The number of carboxylic acid groups (broad SMARTS) is 1. The maximum atomic E-state index is 11.1. The van der Waals surface area contributed by atoms with E-state index in [1.54, 1.807) is 7.11 Å². The number of aromatic carboxylic acids is 1. The second-order valence-electron chi connectivity index (χ2n) is 3.76. The zero-order valence-electron chi connectivity index (χ0n) is 10.5. The molecule has 0 saturated heterocycles. The molecule has 0 aliphatic heterocycles. The van der Waals surface area contributed by atoms with Crippen molar-refractivity contribution in [2.45, 2.75) is 6.61 Å². The molecule has 1 heterocycles. The van der Waals surface area contributed by atoms with Crippen molar-refractivity contribution >= 4 is 17.3 Å². The molecule has 1 aromatic heterocycles. The fraction of sp³-hybridized carbons (Fsp3) is 0.231. The summed E-state index contributed by atoms with van der Waals surface area (Å²) in [5.41, 5.74) is 1.31. The quantitative estimate of drug-likeness (QED) is 0.911. The van der Waals surface area contributed by atoms with Gasteiger partial charge in [0.2, 0.25) is 0 Å². The van der Waals surface area contributed by atoms with E-state index in [1.807, 2.05) is 24.3 Å². The molecule has 0 amide bonds. The number of hydrogen-bond donors (Lipinski definition) is 1. The third kappa shape index (κ3) is 2.91. The molecule has 0 unspecified atom stereocenters. The summed E-state index contributed by atoms with van der Waals surface area (Å²) in [6.45, 7) is 0.189. The van der Waals surface area contributed by atoms with E-state index in [0.29, 0.717) is 10.7 Å². The molecule has 1 aromatic carbocycles. The highest BCUT2D eigenvalue weighted by Crippen LogP contribution is 2.29. The highest BCUT2D eigenvalue weighted by Gasteiger charge is 2.17. The molecule has 1 N–H and O–H groups in total. The molecular formula is C13H13NO4S. The monoisotopic (exact) mass is 279 g/mol. The molecule has 6 heteroatoms. The molecule has 2 aromatic rings. The number of rotatable bonds is 5. The van der Waals surface area contributed by atoms with Crippen LogP contribution in [0.1, 0.15) is 15.4 Å². The maximum absolute atomic E-state index is 11.1. The van der Waals surface area contributed by atoms with Crippen LogP contribution in [0.2, 0.25) is 0 Å². The van der Waals surface area contributed by atoms with Gasteiger partial charge >= 0.3 is 5.97 Å². The second kappa shape index (κ2) is 5.81. The van der Waals surface area contributed by atoms with Crippen molar-refractivity contribution in [1.29, 1.82) is 0 Å². The Hall–Kier alpha value is -1.92. The van der Waals surface area contributed by atoms with E-state index < -0.39 is 5.97 Å². The van der Waals surface area contributed by atoms with Crippen LogP contribution in [-0.4, -0.2) is 30.3 Å². The van der Waals surface area contributed by atoms with Crippen molar-refractivity contribution in [2.24, 2.45) is 0 Å². The Morgan fingerprint density at radius 2 is 2.00 bits per heavy atom. The van der Waals surface area contributed by atoms with Gasteiger partial charge in [-0.05, 0) is 24.3 Å². The summed E-state index contributed by atoms with van der Waals surface area (Å²) in [6, 6.07) is 7.32. The zero-order chi connectivity index (χ0) is 13.8. The fourth-order valence-electron chi connectivity index (χ4n) is 1.61. The molecule has 0 saturated carbocycles. The SMILES string of the molecule is COCc1nc(-c2ccc(OC)cc2)sc1C(=O)O. The Bertz CT molecular complexity index is 577. The van der Waals surface area contributed by atoms with E-state index in [-0.39, 0.29) is 11.5 Å². The lowest BCUT2D eigenvalue weighted by molar-refractivity contribution is 0.0697. The summed E-state index contributed by atoms with van der Waals surface area (Å²) in [7, 11) is 3.11. The topological polar surface area (TPSA) is 68.7 Å². The summed E-state index contributed by atoms with van der Waals surface area (Å²) in [4.78, 5) is 15.7. The number of carbonyl (C=O) groups is 1. The van der Waals surface area contributed by atoms with Crippen LogP contribution in [0.15, 0.2) is 24.3 Å². The van der Waals surface area contributed by atoms with Crippen molar-refractivity contribution in [1.82, 2.24) is 4.98 Å². The van der Waals surface area contributed by atoms with Gasteiger partial charge in [-0.25, -0.2) is 9.78 Å². The molecule has 0 spiro atoms. The van der Waals surface area contributed by atoms with Gasteiger partial charge in [-0.2, -0.15) is 0 Å². The van der Waals surface area contributed by atoms with Crippen LogP contribution in [0.5, 0.6) is 5.75 Å². The van der Waals surface area contributed by atoms with Crippen molar-refractivity contribution < 1.29 is 19.4 Å². The molecule has 0 fully saturated rings. The summed E-state index contributed by atoms with van der Waals surface area (Å²) in [5, 5.41) is 9.79. The largest absolute Gasteiger partial charge is 0.497 e. The average molecular weight is 279 g/mol. The Balaban J connectivity index is 2.38. The number of carboxylic acids is 1. The van der Waals surface area contributed by atoms with Gasteiger partial charge in [-0.1, -0.05) is 0 Å². The predicted molar refractivity (Wildman–Crippen MR) is 71.8 cm³/mol. The molecule has 19 heavy (non-hydrogen) atoms. The highest BCUT2D eigenvalue weighted by molar-refractivity contribution is 7.17. The van der Waals surface area contributed by atoms with Crippen LogP contribution < -0.4 is 4.74 Å². The van der Waals surface area contributed by atoms with E-state index in [9.17, 15) is 4.79 Å². The van der Waals surface area contributed by atoms with Crippen LogP contribution in [-0.2, 0) is 11.3 Å². The Morgan fingerprint density at radius 3 is 2.53 bits per heavy atom. The van der Waals surface area contributed by atoms with Crippen molar-refractivity contribution in [3.05, 3.63) is 34.8 Å². The van der Waals surface area contributed by atoms with Gasteiger partial charge in [-0.3, -0.25) is 0 Å². The zero-order valence-corrected chi connectivity index (χ0v) is 11.4. The summed E-state index contributed by atoms with van der Waals surface area (Å²) in [5.74, 6) is -0.236. The number of hydrogen-bond acceptors (Lipinski definition) is 5. The smallest absolute Gasteiger partial charge is 0.347 e. The van der Waals surface area contributed by atoms with Gasteiger partial charge < -0.3 is 14.6 Å². The fourth-order valence-corrected chi connectivity index (χ4v) is 2.52. The highest BCUT2D eigenvalue weighted by atomic mass is 32.1. The molecule has 0 radical (unpaired) electrons. The first-order chi connectivity index (χ1) is 9.15. The van der Waals surface area contributed by atoms with Gasteiger partial charge in [0.1, 0.15) is 15.6 Å². The first-order valence-corrected chi connectivity index (χ1v) is 6.33. The Kier molecular flexibility index (Phi) is 4.13. The van der Waals surface area contributed by atoms with E-state index >= 15 is 0 Å². The lowest BCUT2D eigenvalue weighted by Gasteiger charge is -2.00. The van der Waals surface area contributed by atoms with Crippen molar-refractivity contribution in [2.75, 3.05) is 14.2 Å². The van der Waals surface area contributed by atoms with Crippen molar-refractivity contribution in [3.8, 4) is 16.3 Å². The summed E-state index contributed by atoms with van der Waals surface area (Å²) >= 11 is 1.14. The summed E-state index contributed by atoms with van der Waals surface area (Å²) < 4.78 is 10.0. The second-order valence-corrected chi connectivity index (χ2v) is 4.76. The normalized spacial score (nSPS) is 10.4. The number of benzene rings is 1. The van der Waals surface area contributed by atoms with Crippen LogP contribution >= 0.6 is 11.3 Å². The average Bonchev–Trinajstić information content (AvgIpc) is 2.83. The molecular weight excluding hydrogens is 266 g/mol. The molecule has 100 valence electrons. The number of aromatic nitrogens is 1. The molecule has 0 bridgehead atoms. The lowest BCUT2D eigenvalue weighted by Crippen LogP contribution is -1.99. The number of ether oxygens (including phenoxy) is 2. The first-order valence-electron chi connectivity index (χ1n) is 5.52. The van der Waals surface area contributed by atoms with Gasteiger partial charge in [0.25, 0.3) is 0 Å². The van der Waals surface area contributed by atoms with Gasteiger partial charge in [-0.15, -0.1) is 11.3 Å². The molecule has 0 aliphatic rings. The van der Waals surface area contributed by atoms with Crippen LogP contribution in [0, 0.1) is 0 Å². The predicted octanol–water partition coefficient (Wildman–Crippen LogP) is 2.66. The van der Waals surface area contributed by atoms with Gasteiger partial charge in [0, 0.05) is 12.7 Å². The molecule has 0 aliphatic carbocycles. The Morgan fingerprint density at radius 1 is 1.32 bits per heavy atom. The van der Waals surface area contributed by atoms with Gasteiger partial charge in [0.15, 0.2) is 0 Å². The third-order valence-electron chi connectivity index (χ3n) is 2.51. The molecule has 5 nitrogen and oxygen atoms in total. The molecule has 2 rings (SSSR count). The minimum atomic E-state index is -0.982. The van der Waals surface area contributed by atoms with Crippen molar-refractivity contribution in [3.63, 3.8) is 0 Å². The van der Waals surface area contributed by atoms with E-state index in [4.69, 9.17) is 14.6 Å². The van der Waals surface area contributed by atoms with Crippen LogP contribution in [0.25, 0.3) is 10.6 Å². The summed E-state index contributed by atoms with van der Waals surface area (Å²) in [6.07, 6.45) is 0. The number of thiazole rings is 1. The standard InChI is InChI=1S/C13H13NO4S/c1-17-7-10-11(13(15)16)19-12(14-10)8-3-5-9(18-2)6-4-8/h3-6H,7H2,1-2H3,(H,15,16). The maximum Gasteiger partial charge on any atom is 0.347 e. The van der Waals surface area contributed by atoms with Gasteiger partial charge in [0.05, 0.1) is 19.4 Å². The lowest BCUT2D eigenvalue weighted by atomic mass is 10.2. The number of nitrogens with zero attached hydrogens (tertiary/aromatic N) is 1.